The minimum absolute atomic E-state index is 0.0699. The maximum absolute atomic E-state index is 12.7. The Balaban J connectivity index is 1.41. The van der Waals surface area contributed by atoms with E-state index in [1.165, 1.54) is 12.1 Å². The number of ether oxygens (including phenoxy) is 1. The Hall–Kier alpha value is -4.62. The number of amides is 1. The van der Waals surface area contributed by atoms with Crippen LogP contribution < -0.4 is 15.4 Å². The van der Waals surface area contributed by atoms with E-state index in [0.29, 0.717) is 39.1 Å². The van der Waals surface area contributed by atoms with E-state index in [9.17, 15) is 9.90 Å². The molecular formula is C28H21ClN4O3. The molecule has 2 aromatic heterocycles. The van der Waals surface area contributed by atoms with Crippen molar-refractivity contribution < 1.29 is 14.6 Å². The van der Waals surface area contributed by atoms with Crippen LogP contribution >= 0.6 is 11.6 Å². The molecule has 0 bridgehead atoms. The van der Waals surface area contributed by atoms with Crippen LogP contribution in [0.2, 0.25) is 5.02 Å². The molecule has 36 heavy (non-hydrogen) atoms. The first kappa shape index (κ1) is 23.1. The van der Waals surface area contributed by atoms with Crippen LogP contribution in [0.5, 0.6) is 17.2 Å². The largest absolute Gasteiger partial charge is 0.508 e. The summed E-state index contributed by atoms with van der Waals surface area (Å²) in [4.78, 5) is 21.6. The Kier molecular flexibility index (Phi) is 6.38. The van der Waals surface area contributed by atoms with Gasteiger partial charge in [-0.25, -0.2) is 9.97 Å². The normalized spacial score (nSPS) is 10.7. The van der Waals surface area contributed by atoms with Crippen LogP contribution in [0.4, 0.5) is 17.1 Å². The molecule has 7 nitrogen and oxygen atoms in total. The van der Waals surface area contributed by atoms with Gasteiger partial charge in [-0.05, 0) is 73.7 Å². The fourth-order valence-electron chi connectivity index (χ4n) is 3.68. The van der Waals surface area contributed by atoms with Gasteiger partial charge in [0.15, 0.2) is 11.4 Å². The van der Waals surface area contributed by atoms with Gasteiger partial charge in [0.2, 0.25) is 0 Å². The number of aryl methyl sites for hydroxylation is 1. The van der Waals surface area contributed by atoms with Crippen LogP contribution in [0.1, 0.15) is 16.1 Å². The zero-order valence-electron chi connectivity index (χ0n) is 19.2. The number of halogens is 1. The molecule has 0 saturated heterocycles. The number of fused-ring (bicyclic) bond motifs is 1. The number of nitrogens with zero attached hydrogens (tertiary/aromatic N) is 2. The average Bonchev–Trinajstić information content (AvgIpc) is 2.86. The average molecular weight is 497 g/mol. The Bertz CT molecular complexity index is 1590. The highest BCUT2D eigenvalue weighted by molar-refractivity contribution is 6.31. The second kappa shape index (κ2) is 9.93. The highest BCUT2D eigenvalue weighted by atomic mass is 35.5. The predicted octanol–water partition coefficient (Wildman–Crippen LogP) is 7.09. The van der Waals surface area contributed by atoms with Crippen molar-refractivity contribution >= 4 is 45.6 Å². The second-order valence-corrected chi connectivity index (χ2v) is 8.52. The number of rotatable bonds is 6. The number of aromatic hydroxyl groups is 1. The minimum Gasteiger partial charge on any atom is -0.508 e. The highest BCUT2D eigenvalue weighted by Crippen LogP contribution is 2.36. The van der Waals surface area contributed by atoms with E-state index in [1.54, 1.807) is 60.8 Å². The van der Waals surface area contributed by atoms with Crippen molar-refractivity contribution in [2.24, 2.45) is 0 Å². The summed E-state index contributed by atoms with van der Waals surface area (Å²) in [5.74, 6) is 0.739. The number of carbonyl (C=O) groups excluding carboxylic acids is 1. The number of anilines is 3. The maximum Gasteiger partial charge on any atom is 0.255 e. The van der Waals surface area contributed by atoms with Gasteiger partial charge < -0.3 is 20.5 Å². The van der Waals surface area contributed by atoms with Gasteiger partial charge in [0.25, 0.3) is 5.91 Å². The lowest BCUT2D eigenvalue weighted by molar-refractivity contribution is 0.102. The molecule has 8 heteroatoms. The Morgan fingerprint density at radius 3 is 2.67 bits per heavy atom. The van der Waals surface area contributed by atoms with Gasteiger partial charge in [-0.15, -0.1) is 0 Å². The molecule has 0 aliphatic rings. The van der Waals surface area contributed by atoms with Crippen LogP contribution in [0.3, 0.4) is 0 Å². The summed E-state index contributed by atoms with van der Waals surface area (Å²) in [5, 5.41) is 17.2. The summed E-state index contributed by atoms with van der Waals surface area (Å²) in [6.07, 6.45) is 1.69. The third kappa shape index (κ3) is 5.21. The molecular weight excluding hydrogens is 476 g/mol. The fourth-order valence-corrected chi connectivity index (χ4v) is 3.85. The van der Waals surface area contributed by atoms with E-state index in [2.05, 4.69) is 20.6 Å². The van der Waals surface area contributed by atoms with Crippen molar-refractivity contribution in [3.63, 3.8) is 0 Å². The molecule has 3 N–H and O–H groups in total. The smallest absolute Gasteiger partial charge is 0.255 e. The quantitative estimate of drug-likeness (QED) is 0.232. The first-order chi connectivity index (χ1) is 17.4. The second-order valence-electron chi connectivity index (χ2n) is 8.08. The molecule has 5 rings (SSSR count). The van der Waals surface area contributed by atoms with Gasteiger partial charge in [0.1, 0.15) is 11.5 Å². The number of phenols is 1. The zero-order chi connectivity index (χ0) is 25.1. The number of aromatic nitrogens is 2. The van der Waals surface area contributed by atoms with Crippen LogP contribution in [0.15, 0.2) is 91.1 Å². The highest BCUT2D eigenvalue weighted by Gasteiger charge is 2.12. The summed E-state index contributed by atoms with van der Waals surface area (Å²) in [6, 6.07) is 24.2. The van der Waals surface area contributed by atoms with Gasteiger partial charge in [-0.3, -0.25) is 4.79 Å². The van der Waals surface area contributed by atoms with E-state index in [4.69, 9.17) is 16.3 Å². The number of nitrogens with one attached hydrogen (secondary N) is 2. The first-order valence-electron chi connectivity index (χ1n) is 11.1. The van der Waals surface area contributed by atoms with Crippen LogP contribution in [0, 0.1) is 6.92 Å². The van der Waals surface area contributed by atoms with Gasteiger partial charge in [0, 0.05) is 39.6 Å². The number of benzene rings is 3. The molecule has 0 spiro atoms. The molecule has 1 amide bonds. The van der Waals surface area contributed by atoms with Crippen molar-refractivity contribution in [2.45, 2.75) is 6.92 Å². The number of carbonyl (C=O) groups is 1. The summed E-state index contributed by atoms with van der Waals surface area (Å²) >= 11 is 6.29. The predicted molar refractivity (Wildman–Crippen MR) is 142 cm³/mol. The maximum atomic E-state index is 12.7. The Morgan fingerprint density at radius 1 is 0.944 bits per heavy atom. The van der Waals surface area contributed by atoms with Crippen molar-refractivity contribution in [2.75, 3.05) is 10.6 Å². The molecule has 0 aliphatic heterocycles. The van der Waals surface area contributed by atoms with Crippen LogP contribution in [-0.2, 0) is 0 Å². The lowest BCUT2D eigenvalue weighted by Gasteiger charge is -2.15. The van der Waals surface area contributed by atoms with Gasteiger partial charge in [0.05, 0.1) is 11.4 Å². The van der Waals surface area contributed by atoms with E-state index < -0.39 is 0 Å². The van der Waals surface area contributed by atoms with Gasteiger partial charge in [-0.2, -0.15) is 0 Å². The Labute approximate surface area is 212 Å². The molecule has 0 radical (unpaired) electrons. The van der Waals surface area contributed by atoms with E-state index in [0.717, 1.165) is 16.8 Å². The third-order valence-electron chi connectivity index (χ3n) is 5.38. The van der Waals surface area contributed by atoms with Gasteiger partial charge >= 0.3 is 0 Å². The summed E-state index contributed by atoms with van der Waals surface area (Å²) in [6.45, 7) is 1.92. The molecule has 0 aliphatic carbocycles. The molecule has 0 unspecified atom stereocenters. The zero-order valence-corrected chi connectivity index (χ0v) is 20.0. The van der Waals surface area contributed by atoms with Crippen LogP contribution in [0.25, 0.3) is 11.0 Å². The summed E-state index contributed by atoms with van der Waals surface area (Å²) in [7, 11) is 0. The SMILES string of the molecule is Cc1ccc2c(Nc3cc(Cl)ccc3Oc3cccc(C(=O)Nc4cccc(O)c4)c3)ccnc2n1. The van der Waals surface area contributed by atoms with Gasteiger partial charge in [-0.1, -0.05) is 23.7 Å². The monoisotopic (exact) mass is 496 g/mol. The fraction of sp³-hybridized carbons (Fsp3) is 0.0357. The van der Waals surface area contributed by atoms with Crippen LogP contribution in [-0.4, -0.2) is 21.0 Å². The summed E-state index contributed by atoms with van der Waals surface area (Å²) in [5.41, 5.74) is 3.86. The standard InChI is InChI=1S/C28H21ClN4O3/c1-17-8-10-23-24(12-13-30-27(23)31-17)33-25-15-19(29)9-11-26(25)36-22-7-2-4-18(14-22)28(35)32-20-5-3-6-21(34)16-20/h2-16,34H,1H3,(H,32,35)(H,30,31,33). The summed E-state index contributed by atoms with van der Waals surface area (Å²) < 4.78 is 6.16. The number of hydrogen-bond acceptors (Lipinski definition) is 6. The molecule has 5 aromatic rings. The topological polar surface area (TPSA) is 96.4 Å². The molecule has 0 fully saturated rings. The third-order valence-corrected chi connectivity index (χ3v) is 5.62. The minimum atomic E-state index is -0.327. The molecule has 0 atom stereocenters. The lowest BCUT2D eigenvalue weighted by Crippen LogP contribution is -2.11. The molecule has 3 aromatic carbocycles. The molecule has 2 heterocycles. The van der Waals surface area contributed by atoms with E-state index >= 15 is 0 Å². The number of phenolic OH excluding ortho intramolecular Hbond substituents is 1. The Morgan fingerprint density at radius 2 is 1.81 bits per heavy atom. The van der Waals surface area contributed by atoms with Crippen molar-refractivity contribution in [1.82, 2.24) is 9.97 Å². The van der Waals surface area contributed by atoms with E-state index in [1.807, 2.05) is 25.1 Å². The number of pyridine rings is 2. The van der Waals surface area contributed by atoms with Crippen molar-refractivity contribution in [3.8, 4) is 17.2 Å². The van der Waals surface area contributed by atoms with Crippen molar-refractivity contribution in [1.29, 1.82) is 0 Å². The van der Waals surface area contributed by atoms with Crippen molar-refractivity contribution in [3.05, 3.63) is 107 Å². The number of hydrogen-bond donors (Lipinski definition) is 3. The molecule has 178 valence electrons. The lowest BCUT2D eigenvalue weighted by atomic mass is 10.2. The first-order valence-corrected chi connectivity index (χ1v) is 11.5. The molecule has 0 saturated carbocycles. The van der Waals surface area contributed by atoms with E-state index in [-0.39, 0.29) is 11.7 Å².